The molecule has 0 saturated heterocycles. The molecule has 2 aromatic heterocycles. The first-order chi connectivity index (χ1) is 14.3. The largest absolute Gasteiger partial charge is 0.496 e. The molecule has 2 heterocycles. The Morgan fingerprint density at radius 3 is 2.58 bits per heavy atom. The Hall–Kier alpha value is -2.84. The fourth-order valence-electron chi connectivity index (χ4n) is 2.60. The summed E-state index contributed by atoms with van der Waals surface area (Å²) >= 11 is 1.46. The number of halogens is 1. The van der Waals surface area contributed by atoms with Crippen molar-refractivity contribution in [3.63, 3.8) is 0 Å². The van der Waals surface area contributed by atoms with E-state index >= 15 is 0 Å². The zero-order valence-corrected chi connectivity index (χ0v) is 19.5. The van der Waals surface area contributed by atoms with Gasteiger partial charge in [-0.05, 0) is 50.6 Å². The van der Waals surface area contributed by atoms with Gasteiger partial charge in [0.1, 0.15) is 28.7 Å². The predicted octanol–water partition coefficient (Wildman–Crippen LogP) is 5.24. The summed E-state index contributed by atoms with van der Waals surface area (Å²) < 4.78 is 16.6. The summed E-state index contributed by atoms with van der Waals surface area (Å²) in [6, 6.07) is 9.47. The van der Waals surface area contributed by atoms with E-state index in [4.69, 9.17) is 14.2 Å². The third-order valence-electron chi connectivity index (χ3n) is 3.94. The number of hydrogen-bond acceptors (Lipinski definition) is 7. The molecule has 7 nitrogen and oxygen atoms in total. The Labute approximate surface area is 192 Å². The van der Waals surface area contributed by atoms with E-state index in [0.717, 1.165) is 21.8 Å². The van der Waals surface area contributed by atoms with Gasteiger partial charge in [0.2, 0.25) is 0 Å². The Morgan fingerprint density at radius 2 is 1.90 bits per heavy atom. The van der Waals surface area contributed by atoms with Crippen molar-refractivity contribution in [2.75, 3.05) is 7.11 Å². The van der Waals surface area contributed by atoms with Gasteiger partial charge >= 0.3 is 6.09 Å². The highest BCUT2D eigenvalue weighted by molar-refractivity contribution is 7.09. The SMILES string of the molecule is COc1cc(OCc2ccncc2)ccc1-c1csc(CNC(=O)OC(C)(C)C)n1.Cl. The molecule has 0 atom stereocenters. The van der Waals surface area contributed by atoms with Gasteiger partial charge in [0.25, 0.3) is 0 Å². The van der Waals surface area contributed by atoms with Crippen LogP contribution in [0.5, 0.6) is 11.5 Å². The van der Waals surface area contributed by atoms with Gasteiger partial charge in [0, 0.05) is 29.4 Å². The summed E-state index contributed by atoms with van der Waals surface area (Å²) in [5.41, 5.74) is 2.13. The summed E-state index contributed by atoms with van der Waals surface area (Å²) in [6.45, 7) is 6.22. The van der Waals surface area contributed by atoms with E-state index in [0.29, 0.717) is 24.7 Å². The summed E-state index contributed by atoms with van der Waals surface area (Å²) in [5.74, 6) is 1.37. The molecular weight excluding hydrogens is 438 g/mol. The van der Waals surface area contributed by atoms with Crippen LogP contribution in [0.2, 0.25) is 0 Å². The third-order valence-corrected chi connectivity index (χ3v) is 4.79. The molecule has 0 radical (unpaired) electrons. The van der Waals surface area contributed by atoms with Crippen molar-refractivity contribution in [2.45, 2.75) is 39.5 Å². The second kappa shape index (κ2) is 11.0. The molecule has 3 rings (SSSR count). The maximum atomic E-state index is 11.8. The second-order valence-corrected chi connectivity index (χ2v) is 8.43. The van der Waals surface area contributed by atoms with Crippen LogP contribution >= 0.6 is 23.7 Å². The molecule has 0 saturated carbocycles. The van der Waals surface area contributed by atoms with Crippen LogP contribution in [-0.2, 0) is 17.9 Å². The van der Waals surface area contributed by atoms with Gasteiger partial charge in [-0.2, -0.15) is 0 Å². The normalized spacial score (nSPS) is 10.7. The number of nitrogens with one attached hydrogen (secondary N) is 1. The number of carbonyl (C=O) groups excluding carboxylic acids is 1. The van der Waals surface area contributed by atoms with Crippen LogP contribution < -0.4 is 14.8 Å². The van der Waals surface area contributed by atoms with E-state index in [1.54, 1.807) is 19.5 Å². The summed E-state index contributed by atoms with van der Waals surface area (Å²) in [4.78, 5) is 20.4. The van der Waals surface area contributed by atoms with Crippen molar-refractivity contribution in [3.8, 4) is 22.8 Å². The number of carbonyl (C=O) groups is 1. The van der Waals surface area contributed by atoms with Crippen molar-refractivity contribution in [3.05, 3.63) is 58.7 Å². The summed E-state index contributed by atoms with van der Waals surface area (Å²) in [7, 11) is 1.61. The second-order valence-electron chi connectivity index (χ2n) is 7.49. The fourth-order valence-corrected chi connectivity index (χ4v) is 3.33. The highest BCUT2D eigenvalue weighted by atomic mass is 35.5. The van der Waals surface area contributed by atoms with Crippen LogP contribution in [0.1, 0.15) is 31.3 Å². The first-order valence-corrected chi connectivity index (χ1v) is 10.3. The van der Waals surface area contributed by atoms with Crippen molar-refractivity contribution in [2.24, 2.45) is 0 Å². The Bertz CT molecular complexity index is 990. The summed E-state index contributed by atoms with van der Waals surface area (Å²) in [6.07, 6.45) is 3.01. The van der Waals surface area contributed by atoms with Crippen LogP contribution in [-0.4, -0.2) is 28.8 Å². The lowest BCUT2D eigenvalue weighted by molar-refractivity contribution is 0.0523. The van der Waals surface area contributed by atoms with Crippen LogP contribution in [0, 0.1) is 0 Å². The average Bonchev–Trinajstić information content (AvgIpc) is 3.19. The lowest BCUT2D eigenvalue weighted by atomic mass is 10.1. The van der Waals surface area contributed by atoms with Gasteiger partial charge in [-0.3, -0.25) is 4.98 Å². The molecule has 1 N–H and O–H groups in total. The number of rotatable bonds is 7. The zero-order chi connectivity index (χ0) is 21.6. The minimum Gasteiger partial charge on any atom is -0.496 e. The number of hydrogen-bond donors (Lipinski definition) is 1. The van der Waals surface area contributed by atoms with Crippen LogP contribution in [0.3, 0.4) is 0 Å². The topological polar surface area (TPSA) is 82.6 Å². The monoisotopic (exact) mass is 463 g/mol. The molecule has 0 aliphatic heterocycles. The van der Waals surface area contributed by atoms with Gasteiger partial charge in [0.05, 0.1) is 19.3 Å². The average molecular weight is 464 g/mol. The van der Waals surface area contributed by atoms with Gasteiger partial charge < -0.3 is 19.5 Å². The minimum absolute atomic E-state index is 0. The first kappa shape index (κ1) is 24.4. The lowest BCUT2D eigenvalue weighted by Crippen LogP contribution is -2.32. The molecule has 1 amide bonds. The van der Waals surface area contributed by atoms with Crippen LogP contribution in [0.15, 0.2) is 48.1 Å². The number of amides is 1. The predicted molar refractivity (Wildman–Crippen MR) is 123 cm³/mol. The molecule has 0 aliphatic carbocycles. The number of benzene rings is 1. The maximum Gasteiger partial charge on any atom is 0.408 e. The quantitative estimate of drug-likeness (QED) is 0.516. The first-order valence-electron chi connectivity index (χ1n) is 9.45. The molecular formula is C22H26ClN3O4S. The highest BCUT2D eigenvalue weighted by Gasteiger charge is 2.17. The van der Waals surface area contributed by atoms with E-state index in [9.17, 15) is 4.79 Å². The minimum atomic E-state index is -0.535. The molecule has 0 bridgehead atoms. The standard InChI is InChI=1S/C22H25N3O4S.ClH/c1-22(2,3)29-21(26)24-12-20-25-18(14-30-20)17-6-5-16(11-19(17)27-4)28-13-15-7-9-23-10-8-15;/h5-11,14H,12-13H2,1-4H3,(H,24,26);1H. The molecule has 31 heavy (non-hydrogen) atoms. The Kier molecular flexibility index (Phi) is 8.65. The number of thiazole rings is 1. The molecule has 0 unspecified atom stereocenters. The van der Waals surface area contributed by atoms with Crippen molar-refractivity contribution >= 4 is 29.8 Å². The van der Waals surface area contributed by atoms with Crippen molar-refractivity contribution < 1.29 is 19.0 Å². The van der Waals surface area contributed by atoms with Crippen molar-refractivity contribution in [1.82, 2.24) is 15.3 Å². The van der Waals surface area contributed by atoms with Crippen LogP contribution in [0.25, 0.3) is 11.3 Å². The molecule has 0 spiro atoms. The van der Waals surface area contributed by atoms with Gasteiger partial charge in [0.15, 0.2) is 0 Å². The van der Waals surface area contributed by atoms with E-state index in [-0.39, 0.29) is 12.4 Å². The smallest absolute Gasteiger partial charge is 0.408 e. The number of methoxy groups -OCH3 is 1. The molecule has 3 aromatic rings. The van der Waals surface area contributed by atoms with Gasteiger partial charge in [-0.25, -0.2) is 9.78 Å². The molecule has 1 aromatic carbocycles. The molecule has 0 fully saturated rings. The lowest BCUT2D eigenvalue weighted by Gasteiger charge is -2.19. The molecule has 0 aliphatic rings. The van der Waals surface area contributed by atoms with Gasteiger partial charge in [-0.15, -0.1) is 23.7 Å². The third kappa shape index (κ3) is 7.41. The molecule has 166 valence electrons. The Morgan fingerprint density at radius 1 is 1.16 bits per heavy atom. The number of alkyl carbamates (subject to hydrolysis) is 1. The highest BCUT2D eigenvalue weighted by Crippen LogP contribution is 2.34. The zero-order valence-electron chi connectivity index (χ0n) is 17.9. The number of ether oxygens (including phenoxy) is 3. The number of nitrogens with zero attached hydrogens (tertiary/aromatic N) is 2. The molecule has 9 heteroatoms. The van der Waals surface area contributed by atoms with E-state index in [2.05, 4.69) is 15.3 Å². The van der Waals surface area contributed by atoms with Crippen molar-refractivity contribution in [1.29, 1.82) is 0 Å². The maximum absolute atomic E-state index is 11.8. The number of pyridine rings is 1. The summed E-state index contributed by atoms with van der Waals surface area (Å²) in [5, 5.41) is 5.43. The van der Waals surface area contributed by atoms with Crippen LogP contribution in [0.4, 0.5) is 4.79 Å². The van der Waals surface area contributed by atoms with E-state index < -0.39 is 11.7 Å². The van der Waals surface area contributed by atoms with E-state index in [1.807, 2.05) is 56.5 Å². The van der Waals surface area contributed by atoms with Gasteiger partial charge in [-0.1, -0.05) is 0 Å². The number of aromatic nitrogens is 2. The Balaban J connectivity index is 0.00000341. The fraction of sp³-hybridized carbons (Fsp3) is 0.318. The van der Waals surface area contributed by atoms with E-state index in [1.165, 1.54) is 11.3 Å².